The zero-order valence-electron chi connectivity index (χ0n) is 9.41. The molecule has 0 aromatic carbocycles. The van der Waals surface area contributed by atoms with Crippen molar-refractivity contribution in [3.05, 3.63) is 0 Å². The molecule has 3 atom stereocenters. The highest BCUT2D eigenvalue weighted by Crippen LogP contribution is 2.42. The van der Waals surface area contributed by atoms with Crippen LogP contribution in [0.15, 0.2) is 0 Å². The van der Waals surface area contributed by atoms with E-state index in [2.05, 4.69) is 6.92 Å². The summed E-state index contributed by atoms with van der Waals surface area (Å²) in [5.74, 6) is -0.257. The first-order valence-electron chi connectivity index (χ1n) is 6.26. The van der Waals surface area contributed by atoms with Crippen LogP contribution < -0.4 is 0 Å². The largest absolute Gasteiger partial charge is 0.373 e. The third-order valence-electron chi connectivity index (χ3n) is 3.92. The molecular formula is C12H20O3. The molecule has 0 N–H and O–H groups in total. The molecule has 1 aliphatic carbocycles. The number of rotatable bonds is 0. The molecule has 15 heavy (non-hydrogen) atoms. The lowest BCUT2D eigenvalue weighted by Crippen LogP contribution is -2.54. The predicted octanol–water partition coefficient (Wildman–Crippen LogP) is 2.24. The molecule has 3 fully saturated rings. The van der Waals surface area contributed by atoms with Crippen LogP contribution in [0, 0.1) is 0 Å². The molecule has 0 amide bonds. The third-order valence-corrected chi connectivity index (χ3v) is 3.92. The first-order valence-corrected chi connectivity index (χ1v) is 6.26. The molecule has 2 heterocycles. The number of hydrogen-bond acceptors (Lipinski definition) is 3. The van der Waals surface area contributed by atoms with E-state index in [1.54, 1.807) is 0 Å². The van der Waals surface area contributed by atoms with Crippen LogP contribution in [0.25, 0.3) is 0 Å². The summed E-state index contributed by atoms with van der Waals surface area (Å²) in [4.78, 5) is 0. The van der Waals surface area contributed by atoms with Crippen molar-refractivity contribution >= 4 is 0 Å². The Morgan fingerprint density at radius 2 is 1.87 bits per heavy atom. The highest BCUT2D eigenvalue weighted by Gasteiger charge is 2.49. The van der Waals surface area contributed by atoms with Gasteiger partial charge in [-0.3, -0.25) is 0 Å². The molecule has 3 heteroatoms. The third kappa shape index (κ3) is 1.71. The minimum Gasteiger partial charge on any atom is -0.373 e. The van der Waals surface area contributed by atoms with Gasteiger partial charge in [0, 0.05) is 19.4 Å². The molecule has 3 nitrogen and oxygen atoms in total. The summed E-state index contributed by atoms with van der Waals surface area (Å²) in [7, 11) is 0. The van der Waals surface area contributed by atoms with Crippen molar-refractivity contribution in [3.8, 4) is 0 Å². The van der Waals surface area contributed by atoms with E-state index in [0.717, 1.165) is 25.9 Å². The number of fused-ring (bicyclic) bond motifs is 1. The molecule has 0 bridgehead atoms. The second-order valence-electron chi connectivity index (χ2n) is 5.07. The Bertz CT molecular complexity index is 235. The van der Waals surface area contributed by atoms with E-state index in [1.807, 2.05) is 0 Å². The monoisotopic (exact) mass is 212 g/mol. The lowest BCUT2D eigenvalue weighted by atomic mass is 9.91. The van der Waals surface area contributed by atoms with Crippen LogP contribution in [-0.4, -0.2) is 30.7 Å². The highest BCUT2D eigenvalue weighted by atomic mass is 16.7. The lowest BCUT2D eigenvalue weighted by Gasteiger charge is -2.47. The molecular weight excluding hydrogens is 192 g/mol. The van der Waals surface area contributed by atoms with Gasteiger partial charge in [-0.05, 0) is 26.2 Å². The minimum absolute atomic E-state index is 0.178. The van der Waals surface area contributed by atoms with Crippen LogP contribution in [0.3, 0.4) is 0 Å². The number of hydrogen-bond donors (Lipinski definition) is 0. The van der Waals surface area contributed by atoms with Crippen LogP contribution >= 0.6 is 0 Å². The average molecular weight is 212 g/mol. The molecule has 3 aliphatic rings. The van der Waals surface area contributed by atoms with Gasteiger partial charge in [0.25, 0.3) is 0 Å². The summed E-state index contributed by atoms with van der Waals surface area (Å²) < 4.78 is 17.9. The molecule has 1 spiro atoms. The molecule has 0 aromatic heterocycles. The molecule has 0 unspecified atom stereocenters. The Morgan fingerprint density at radius 3 is 2.67 bits per heavy atom. The second-order valence-corrected chi connectivity index (χ2v) is 5.07. The molecule has 1 saturated carbocycles. The van der Waals surface area contributed by atoms with Crippen molar-refractivity contribution in [2.45, 2.75) is 69.5 Å². The van der Waals surface area contributed by atoms with Gasteiger partial charge in [-0.15, -0.1) is 0 Å². The normalized spacial score (nSPS) is 44.2. The minimum atomic E-state index is -0.257. The smallest absolute Gasteiger partial charge is 0.169 e. The lowest BCUT2D eigenvalue weighted by molar-refractivity contribution is -0.343. The first-order chi connectivity index (χ1) is 7.29. The van der Waals surface area contributed by atoms with E-state index in [9.17, 15) is 0 Å². The summed E-state index contributed by atoms with van der Waals surface area (Å²) >= 11 is 0. The topological polar surface area (TPSA) is 27.7 Å². The maximum atomic E-state index is 6.16. The molecule has 2 aliphatic heterocycles. The van der Waals surface area contributed by atoms with Gasteiger partial charge in [-0.2, -0.15) is 0 Å². The van der Waals surface area contributed by atoms with Crippen LogP contribution in [0.1, 0.15) is 45.4 Å². The second kappa shape index (κ2) is 3.72. The van der Waals surface area contributed by atoms with E-state index >= 15 is 0 Å². The zero-order valence-corrected chi connectivity index (χ0v) is 9.41. The van der Waals surface area contributed by atoms with Crippen LogP contribution in [0.4, 0.5) is 0 Å². The van der Waals surface area contributed by atoms with E-state index in [1.165, 1.54) is 19.3 Å². The molecule has 86 valence electrons. The van der Waals surface area contributed by atoms with E-state index < -0.39 is 0 Å². The summed E-state index contributed by atoms with van der Waals surface area (Å²) in [6, 6.07) is 0. The summed E-state index contributed by atoms with van der Waals surface area (Å²) in [6.07, 6.45) is 7.65. The average Bonchev–Trinajstić information content (AvgIpc) is 2.67. The van der Waals surface area contributed by atoms with Crippen molar-refractivity contribution < 1.29 is 14.2 Å². The van der Waals surface area contributed by atoms with Crippen LogP contribution in [-0.2, 0) is 14.2 Å². The zero-order chi connectivity index (χ0) is 10.3. The molecule has 0 aromatic rings. The van der Waals surface area contributed by atoms with Gasteiger partial charge in [0.05, 0.1) is 12.2 Å². The van der Waals surface area contributed by atoms with Gasteiger partial charge < -0.3 is 14.2 Å². The fourth-order valence-corrected chi connectivity index (χ4v) is 3.19. The summed E-state index contributed by atoms with van der Waals surface area (Å²) in [5, 5.41) is 0. The van der Waals surface area contributed by atoms with Gasteiger partial charge in [-0.1, -0.05) is 6.42 Å². The van der Waals surface area contributed by atoms with Crippen molar-refractivity contribution in [3.63, 3.8) is 0 Å². The summed E-state index contributed by atoms with van der Waals surface area (Å²) in [6.45, 7) is 2.96. The van der Waals surface area contributed by atoms with Gasteiger partial charge >= 0.3 is 0 Å². The van der Waals surface area contributed by atoms with E-state index in [0.29, 0.717) is 0 Å². The van der Waals surface area contributed by atoms with Crippen molar-refractivity contribution in [2.24, 2.45) is 0 Å². The van der Waals surface area contributed by atoms with Gasteiger partial charge in [0.2, 0.25) is 0 Å². The Kier molecular flexibility index (Phi) is 2.49. The Labute approximate surface area is 91.1 Å². The van der Waals surface area contributed by atoms with E-state index in [-0.39, 0.29) is 24.1 Å². The quantitative estimate of drug-likeness (QED) is 0.616. The van der Waals surface area contributed by atoms with Gasteiger partial charge in [0.15, 0.2) is 5.79 Å². The van der Waals surface area contributed by atoms with E-state index in [4.69, 9.17) is 14.2 Å². The fourth-order valence-electron chi connectivity index (χ4n) is 3.19. The van der Waals surface area contributed by atoms with Gasteiger partial charge in [0.1, 0.15) is 6.10 Å². The maximum absolute atomic E-state index is 6.16. The van der Waals surface area contributed by atoms with Crippen LogP contribution in [0.5, 0.6) is 0 Å². The molecule has 0 radical (unpaired) electrons. The van der Waals surface area contributed by atoms with Crippen LogP contribution in [0.2, 0.25) is 0 Å². The van der Waals surface area contributed by atoms with Crippen molar-refractivity contribution in [2.75, 3.05) is 6.61 Å². The number of ether oxygens (including phenoxy) is 3. The molecule has 3 rings (SSSR count). The predicted molar refractivity (Wildman–Crippen MR) is 55.6 cm³/mol. The standard InChI is InChI=1S/C12H20O3/c1-9-11-10(5-8-13-11)15-12(14-9)6-3-2-4-7-12/h9-11H,2-8H2,1H3/t9-,10-,11-/m0/s1. The SMILES string of the molecule is C[C@@H]1OC2(CCCCC2)O[C@H]2CCO[C@@H]12. The van der Waals surface area contributed by atoms with Gasteiger partial charge in [-0.25, -0.2) is 0 Å². The highest BCUT2D eigenvalue weighted by molar-refractivity contribution is 4.91. The van der Waals surface area contributed by atoms with Crippen molar-refractivity contribution in [1.29, 1.82) is 0 Å². The summed E-state index contributed by atoms with van der Waals surface area (Å²) in [5.41, 5.74) is 0. The first kappa shape index (κ1) is 10.1. The maximum Gasteiger partial charge on any atom is 0.169 e. The Hall–Kier alpha value is -0.120. The Balaban J connectivity index is 1.76. The fraction of sp³-hybridized carbons (Fsp3) is 1.00. The van der Waals surface area contributed by atoms with Crippen molar-refractivity contribution in [1.82, 2.24) is 0 Å². The molecule has 2 saturated heterocycles. The Morgan fingerprint density at radius 1 is 1.07 bits per heavy atom.